The van der Waals surface area contributed by atoms with Crippen molar-refractivity contribution in [1.29, 1.82) is 0 Å². The number of anilines is 1. The molecule has 0 aliphatic heterocycles. The van der Waals surface area contributed by atoms with Crippen molar-refractivity contribution < 1.29 is 13.9 Å². The van der Waals surface area contributed by atoms with Crippen LogP contribution in [0.25, 0.3) is 4.85 Å². The normalized spacial score (nSPS) is 9.21. The lowest BCUT2D eigenvalue weighted by Crippen LogP contribution is -2.05. The van der Waals surface area contributed by atoms with Gasteiger partial charge < -0.3 is 10.5 Å². The van der Waals surface area contributed by atoms with Crippen molar-refractivity contribution in [3.8, 4) is 0 Å². The van der Waals surface area contributed by atoms with Gasteiger partial charge in [-0.25, -0.2) is 14.0 Å². The SMILES string of the molecule is [C-]#[N+]c1c(N)ccc(F)c1C(=O)OC. The average Bonchev–Trinajstić information content (AvgIpc) is 2.19. The number of methoxy groups -OCH3 is 1. The molecule has 0 amide bonds. The molecule has 0 aromatic heterocycles. The van der Waals surface area contributed by atoms with Gasteiger partial charge in [-0.3, -0.25) is 0 Å². The van der Waals surface area contributed by atoms with Crippen molar-refractivity contribution in [2.75, 3.05) is 12.8 Å². The third-order valence-corrected chi connectivity index (χ3v) is 1.66. The number of ether oxygens (including phenoxy) is 1. The summed E-state index contributed by atoms with van der Waals surface area (Å²) in [6, 6.07) is 2.26. The van der Waals surface area contributed by atoms with Crippen LogP contribution in [0.1, 0.15) is 10.4 Å². The predicted molar refractivity (Wildman–Crippen MR) is 48.4 cm³/mol. The number of carbonyl (C=O) groups excluding carboxylic acids is 1. The topological polar surface area (TPSA) is 56.7 Å². The second kappa shape index (κ2) is 3.75. The van der Waals surface area contributed by atoms with E-state index in [0.717, 1.165) is 13.2 Å². The van der Waals surface area contributed by atoms with Crippen molar-refractivity contribution in [3.05, 3.63) is 34.9 Å². The van der Waals surface area contributed by atoms with Crippen molar-refractivity contribution >= 4 is 17.3 Å². The Morgan fingerprint density at radius 2 is 2.29 bits per heavy atom. The Hall–Kier alpha value is -2.09. The maximum absolute atomic E-state index is 13.2. The number of rotatable bonds is 1. The van der Waals surface area contributed by atoms with Gasteiger partial charge in [0.05, 0.1) is 13.7 Å². The maximum Gasteiger partial charge on any atom is 0.330 e. The average molecular weight is 194 g/mol. The number of esters is 1. The Morgan fingerprint density at radius 3 is 2.79 bits per heavy atom. The van der Waals surface area contributed by atoms with E-state index in [1.807, 2.05) is 0 Å². The Bertz CT molecular complexity index is 424. The molecule has 0 saturated carbocycles. The fourth-order valence-corrected chi connectivity index (χ4v) is 0.999. The van der Waals surface area contributed by atoms with Gasteiger partial charge >= 0.3 is 5.97 Å². The van der Waals surface area contributed by atoms with Crippen molar-refractivity contribution in [2.45, 2.75) is 0 Å². The lowest BCUT2D eigenvalue weighted by molar-refractivity contribution is 0.0597. The van der Waals surface area contributed by atoms with E-state index in [1.54, 1.807) is 0 Å². The predicted octanol–water partition coefficient (Wildman–Crippen LogP) is 1.75. The van der Waals surface area contributed by atoms with Gasteiger partial charge in [0, 0.05) is 5.69 Å². The van der Waals surface area contributed by atoms with Crippen LogP contribution in [0.15, 0.2) is 12.1 Å². The molecule has 0 fully saturated rings. The van der Waals surface area contributed by atoms with Crippen LogP contribution < -0.4 is 5.73 Å². The van der Waals surface area contributed by atoms with E-state index in [2.05, 4.69) is 9.58 Å². The molecule has 72 valence electrons. The zero-order valence-corrected chi connectivity index (χ0v) is 7.37. The third kappa shape index (κ3) is 1.50. The molecule has 0 aliphatic rings. The standard InChI is InChI=1S/C9H7FN2O2/c1-12-8-6(11)4-3-5(10)7(8)9(13)14-2/h3-4H,11H2,2H3. The summed E-state index contributed by atoms with van der Waals surface area (Å²) < 4.78 is 17.5. The van der Waals surface area contributed by atoms with Crippen LogP contribution in [-0.4, -0.2) is 13.1 Å². The minimum Gasteiger partial charge on any atom is -0.466 e. The van der Waals surface area contributed by atoms with Crippen molar-refractivity contribution in [1.82, 2.24) is 0 Å². The molecule has 2 N–H and O–H groups in total. The van der Waals surface area contributed by atoms with Crippen molar-refractivity contribution in [3.63, 3.8) is 0 Å². The van der Waals surface area contributed by atoms with Crippen molar-refractivity contribution in [2.24, 2.45) is 0 Å². The number of nitrogens with two attached hydrogens (primary N) is 1. The molecule has 1 rings (SSSR count). The molecule has 1 aromatic carbocycles. The first-order valence-corrected chi connectivity index (χ1v) is 3.65. The summed E-state index contributed by atoms with van der Waals surface area (Å²) in [6.07, 6.45) is 0. The number of hydrogen-bond donors (Lipinski definition) is 1. The van der Waals surface area contributed by atoms with E-state index < -0.39 is 17.3 Å². The Kier molecular flexibility index (Phi) is 2.67. The molecule has 0 aliphatic carbocycles. The van der Waals surface area contributed by atoms with Crippen LogP contribution in [0, 0.1) is 12.4 Å². The number of hydrogen-bond acceptors (Lipinski definition) is 3. The number of halogens is 1. The molecular formula is C9H7FN2O2. The first-order chi connectivity index (χ1) is 6.61. The number of nitrogens with zero attached hydrogens (tertiary/aromatic N) is 1. The molecule has 0 saturated heterocycles. The Balaban J connectivity index is 3.47. The fraction of sp³-hybridized carbons (Fsp3) is 0.111. The van der Waals surface area contributed by atoms with E-state index in [9.17, 15) is 9.18 Å². The van der Waals surface area contributed by atoms with Crippen LogP contribution in [0.5, 0.6) is 0 Å². The lowest BCUT2D eigenvalue weighted by atomic mass is 10.1. The number of nitrogen functional groups attached to an aromatic ring is 1. The van der Waals surface area contributed by atoms with Gasteiger partial charge in [0.1, 0.15) is 11.4 Å². The second-order valence-corrected chi connectivity index (χ2v) is 2.46. The van der Waals surface area contributed by atoms with Gasteiger partial charge in [0.2, 0.25) is 5.69 Å². The van der Waals surface area contributed by atoms with Crippen LogP contribution >= 0.6 is 0 Å². The molecule has 0 spiro atoms. The minimum absolute atomic E-state index is 0.0572. The summed E-state index contributed by atoms with van der Waals surface area (Å²) in [7, 11) is 1.11. The van der Waals surface area contributed by atoms with Crippen LogP contribution in [0.3, 0.4) is 0 Å². The zero-order chi connectivity index (χ0) is 10.7. The number of benzene rings is 1. The van der Waals surface area contributed by atoms with Gasteiger partial charge in [-0.15, -0.1) is 0 Å². The highest BCUT2D eigenvalue weighted by Gasteiger charge is 2.19. The molecule has 0 atom stereocenters. The molecule has 5 heteroatoms. The molecular weight excluding hydrogens is 187 g/mol. The van der Waals surface area contributed by atoms with Gasteiger partial charge in [-0.05, 0) is 12.1 Å². The first kappa shape index (κ1) is 9.99. The van der Waals surface area contributed by atoms with E-state index in [0.29, 0.717) is 0 Å². The van der Waals surface area contributed by atoms with Gasteiger partial charge in [0.15, 0.2) is 0 Å². The molecule has 14 heavy (non-hydrogen) atoms. The number of carbonyl (C=O) groups is 1. The summed E-state index contributed by atoms with van der Waals surface area (Å²) in [5.74, 6) is -1.71. The monoisotopic (exact) mass is 194 g/mol. The summed E-state index contributed by atoms with van der Waals surface area (Å²) in [6.45, 7) is 6.76. The molecule has 1 aromatic rings. The van der Waals surface area contributed by atoms with E-state index >= 15 is 0 Å². The Morgan fingerprint density at radius 1 is 1.64 bits per heavy atom. The zero-order valence-electron chi connectivity index (χ0n) is 7.37. The summed E-state index contributed by atoms with van der Waals surface area (Å²) in [5, 5.41) is 0. The van der Waals surface area contributed by atoms with Gasteiger partial charge in [0.25, 0.3) is 0 Å². The van der Waals surface area contributed by atoms with Crippen LogP contribution in [-0.2, 0) is 4.74 Å². The lowest BCUT2D eigenvalue weighted by Gasteiger charge is -2.05. The first-order valence-electron chi connectivity index (χ1n) is 3.65. The molecule has 4 nitrogen and oxygen atoms in total. The van der Waals surface area contributed by atoms with E-state index in [-0.39, 0.29) is 11.4 Å². The highest BCUT2D eigenvalue weighted by Crippen LogP contribution is 2.29. The maximum atomic E-state index is 13.2. The van der Waals surface area contributed by atoms with Crippen LogP contribution in [0.4, 0.5) is 15.8 Å². The summed E-state index contributed by atoms with van der Waals surface area (Å²) >= 11 is 0. The smallest absolute Gasteiger partial charge is 0.330 e. The van der Waals surface area contributed by atoms with Crippen LogP contribution in [0.2, 0.25) is 0 Å². The minimum atomic E-state index is -0.902. The highest BCUT2D eigenvalue weighted by atomic mass is 19.1. The highest BCUT2D eigenvalue weighted by molar-refractivity contribution is 5.99. The molecule has 0 bridgehead atoms. The van der Waals surface area contributed by atoms with Gasteiger partial charge in [-0.2, -0.15) is 0 Å². The van der Waals surface area contributed by atoms with Gasteiger partial charge in [-0.1, -0.05) is 0 Å². The third-order valence-electron chi connectivity index (χ3n) is 1.66. The molecule has 0 radical (unpaired) electrons. The van der Waals surface area contributed by atoms with E-state index in [4.69, 9.17) is 12.3 Å². The second-order valence-electron chi connectivity index (χ2n) is 2.46. The fourth-order valence-electron chi connectivity index (χ4n) is 0.999. The summed E-state index contributed by atoms with van der Waals surface area (Å²) in [4.78, 5) is 14.1. The molecule has 0 unspecified atom stereocenters. The summed E-state index contributed by atoms with van der Waals surface area (Å²) in [5.41, 5.74) is 4.84. The largest absolute Gasteiger partial charge is 0.466 e. The van der Waals surface area contributed by atoms with E-state index in [1.165, 1.54) is 6.07 Å². The Labute approximate surface area is 79.9 Å². The molecule has 0 heterocycles. The quantitative estimate of drug-likeness (QED) is 0.421.